The summed E-state index contributed by atoms with van der Waals surface area (Å²) in [5.74, 6) is -0.981. The molecule has 0 radical (unpaired) electrons. The number of ether oxygens (including phenoxy) is 3. The van der Waals surface area contributed by atoms with Gasteiger partial charge in [-0.15, -0.1) is 0 Å². The van der Waals surface area contributed by atoms with Crippen LogP contribution in [0.2, 0.25) is 0 Å². The highest BCUT2D eigenvalue weighted by Gasteiger charge is 2.36. The van der Waals surface area contributed by atoms with E-state index < -0.39 is 32.5 Å². The quantitative estimate of drug-likeness (QED) is 0.0149. The molecule has 11 heteroatoms. The van der Waals surface area contributed by atoms with Crippen molar-refractivity contribution in [3.05, 3.63) is 85.1 Å². The molecule has 1 heterocycles. The minimum Gasteiger partial charge on any atom is -0.756 e. The molecule has 1 saturated heterocycles. The van der Waals surface area contributed by atoms with Gasteiger partial charge in [0, 0.05) is 12.8 Å². The number of phosphoric acid groups is 1. The highest BCUT2D eigenvalue weighted by atomic mass is 31.2. The Kier molecular flexibility index (Phi) is 32.9. The third-order valence-electron chi connectivity index (χ3n) is 9.29. The van der Waals surface area contributed by atoms with E-state index in [4.69, 9.17) is 23.3 Å². The Balaban J connectivity index is 2.37. The van der Waals surface area contributed by atoms with Crippen LogP contribution in [0.1, 0.15) is 142 Å². The first kappa shape index (κ1) is 54.2. The van der Waals surface area contributed by atoms with Gasteiger partial charge < -0.3 is 32.6 Å². The molecule has 0 aromatic carbocycles. The number of carbonyl (C=O) groups excluding carboxylic acids is 2. The molecule has 336 valence electrons. The summed E-state index contributed by atoms with van der Waals surface area (Å²) in [6, 6.07) is 0. The zero-order chi connectivity index (χ0) is 43.3. The van der Waals surface area contributed by atoms with Gasteiger partial charge in [-0.05, 0) is 89.9 Å². The van der Waals surface area contributed by atoms with Crippen LogP contribution in [0.4, 0.5) is 0 Å². The van der Waals surface area contributed by atoms with Crippen molar-refractivity contribution in [2.24, 2.45) is 0 Å². The molecule has 0 bridgehead atoms. The lowest BCUT2D eigenvalue weighted by atomic mass is 10.1. The van der Waals surface area contributed by atoms with E-state index in [1.807, 2.05) is 33.3 Å². The molecule has 1 fully saturated rings. The van der Waals surface area contributed by atoms with Gasteiger partial charge in [0.15, 0.2) is 6.10 Å². The standard InChI is InChI=1S/C48H80NO9P/c1-6-8-10-12-14-15-16-17-18-19-20-21-22-23-26-31-35-39-48(51)57-44(43-56-59(52,53)55-41-40-49(3,4)5)42-54-47(50)38-34-30-27-24-25-29-33-37-46-45(58-46)36-32-28-13-11-9-7-2/h14-15,17-18,20-21,23-24,26-29,32-33,44-46H,6-13,16,19,22,25,30-31,34-43H2,1-5H3/b15-14-,18-17-,21-20-,26-23-,27-24-,32-28-,33-29-/t44-,45?,46?/m1/s1. The van der Waals surface area contributed by atoms with Crippen molar-refractivity contribution >= 4 is 19.8 Å². The molecule has 0 aromatic rings. The second kappa shape index (κ2) is 35.9. The maximum absolute atomic E-state index is 12.7. The Labute approximate surface area is 358 Å². The molecule has 59 heavy (non-hydrogen) atoms. The lowest BCUT2D eigenvalue weighted by Gasteiger charge is -2.28. The molecule has 0 saturated carbocycles. The van der Waals surface area contributed by atoms with E-state index in [0.29, 0.717) is 48.9 Å². The first-order chi connectivity index (χ1) is 28.5. The number of hydrogen-bond acceptors (Lipinski definition) is 9. The van der Waals surface area contributed by atoms with E-state index in [0.717, 1.165) is 51.4 Å². The number of esters is 2. The molecule has 0 aromatic heterocycles. The number of rotatable bonds is 38. The zero-order valence-corrected chi connectivity index (χ0v) is 38.2. The van der Waals surface area contributed by atoms with Crippen molar-refractivity contribution in [1.82, 2.24) is 0 Å². The van der Waals surface area contributed by atoms with Gasteiger partial charge in [-0.3, -0.25) is 14.2 Å². The van der Waals surface area contributed by atoms with Gasteiger partial charge in [0.1, 0.15) is 19.8 Å². The average Bonchev–Trinajstić information content (AvgIpc) is 3.94. The number of nitrogens with zero attached hydrogens (tertiary/aromatic N) is 1. The van der Waals surface area contributed by atoms with E-state index >= 15 is 0 Å². The molecule has 0 amide bonds. The van der Waals surface area contributed by atoms with Gasteiger partial charge in [0.05, 0.1) is 40.0 Å². The molecule has 0 aliphatic carbocycles. The molecule has 0 spiro atoms. The highest BCUT2D eigenvalue weighted by Crippen LogP contribution is 2.38. The van der Waals surface area contributed by atoms with E-state index in [1.165, 1.54) is 38.5 Å². The summed E-state index contributed by atoms with van der Waals surface area (Å²) < 4.78 is 39.5. The normalized spacial score (nSPS) is 17.8. The maximum Gasteiger partial charge on any atom is 0.306 e. The molecular weight excluding hydrogens is 766 g/mol. The molecule has 4 atom stereocenters. The third-order valence-corrected chi connectivity index (χ3v) is 10.3. The van der Waals surface area contributed by atoms with Crippen LogP contribution in [0.3, 0.4) is 0 Å². The van der Waals surface area contributed by atoms with Crippen LogP contribution in [0.5, 0.6) is 0 Å². The lowest BCUT2D eigenvalue weighted by molar-refractivity contribution is -0.870. The second-order valence-corrected chi connectivity index (χ2v) is 17.5. The number of unbranched alkanes of at least 4 members (excludes halogenated alkanes) is 8. The first-order valence-electron chi connectivity index (χ1n) is 22.4. The molecule has 1 rings (SSSR count). The van der Waals surface area contributed by atoms with Gasteiger partial charge in [0.2, 0.25) is 0 Å². The predicted octanol–water partition coefficient (Wildman–Crippen LogP) is 11.2. The van der Waals surface area contributed by atoms with Crippen molar-refractivity contribution in [1.29, 1.82) is 0 Å². The van der Waals surface area contributed by atoms with Gasteiger partial charge in [-0.2, -0.15) is 0 Å². The minimum absolute atomic E-state index is 0.0564. The fourth-order valence-corrected chi connectivity index (χ4v) is 6.35. The summed E-state index contributed by atoms with van der Waals surface area (Å²) >= 11 is 0. The van der Waals surface area contributed by atoms with Crippen molar-refractivity contribution in [3.8, 4) is 0 Å². The summed E-state index contributed by atoms with van der Waals surface area (Å²) in [6.45, 7) is 4.00. The van der Waals surface area contributed by atoms with Gasteiger partial charge in [0.25, 0.3) is 7.82 Å². The number of phosphoric ester groups is 1. The molecular formula is C48H80NO9P. The van der Waals surface area contributed by atoms with Crippen LogP contribution in [0.25, 0.3) is 0 Å². The summed E-state index contributed by atoms with van der Waals surface area (Å²) in [4.78, 5) is 37.5. The summed E-state index contributed by atoms with van der Waals surface area (Å²) in [7, 11) is 1.08. The van der Waals surface area contributed by atoms with Crippen molar-refractivity contribution in [2.75, 3.05) is 47.5 Å². The SMILES string of the molecule is CCCCC/C=C\C/C=C\C/C=C\C/C=C\CCCC(=O)O[C@H](COC(=O)CCC/C=C\C/C=C\CC1OC1C/C=C\CCCCC)COP(=O)([O-])OCC[N+](C)(C)C. The van der Waals surface area contributed by atoms with Crippen LogP contribution in [-0.2, 0) is 37.4 Å². The van der Waals surface area contributed by atoms with Crippen molar-refractivity contribution in [3.63, 3.8) is 0 Å². The fraction of sp³-hybridized carbons (Fsp3) is 0.667. The third kappa shape index (κ3) is 36.7. The fourth-order valence-electron chi connectivity index (χ4n) is 5.62. The van der Waals surface area contributed by atoms with Gasteiger partial charge in [-0.25, -0.2) is 0 Å². The Morgan fingerprint density at radius 3 is 1.56 bits per heavy atom. The topological polar surface area (TPSA) is 124 Å². The summed E-state index contributed by atoms with van der Waals surface area (Å²) in [5, 5.41) is 0. The average molecular weight is 846 g/mol. The molecule has 0 N–H and O–H groups in total. The van der Waals surface area contributed by atoms with Crippen molar-refractivity contribution < 1.29 is 46.8 Å². The number of likely N-dealkylation sites (N-methyl/N-ethyl adjacent to an activating group) is 1. The molecule has 1 aliphatic heterocycles. The monoisotopic (exact) mass is 846 g/mol. The zero-order valence-electron chi connectivity index (χ0n) is 37.4. The second-order valence-electron chi connectivity index (χ2n) is 16.1. The molecule has 1 aliphatic rings. The van der Waals surface area contributed by atoms with Crippen LogP contribution in [-0.4, -0.2) is 82.2 Å². The van der Waals surface area contributed by atoms with Crippen molar-refractivity contribution in [2.45, 2.75) is 161 Å². The Hall–Kier alpha value is -2.85. The molecule has 10 nitrogen and oxygen atoms in total. The minimum atomic E-state index is -4.66. The Morgan fingerprint density at radius 2 is 1.05 bits per heavy atom. The largest absolute Gasteiger partial charge is 0.756 e. The van der Waals surface area contributed by atoms with Crippen LogP contribution in [0.15, 0.2) is 85.1 Å². The van der Waals surface area contributed by atoms with Crippen LogP contribution >= 0.6 is 7.82 Å². The van der Waals surface area contributed by atoms with Gasteiger partial charge >= 0.3 is 11.9 Å². The van der Waals surface area contributed by atoms with E-state index in [-0.39, 0.29) is 26.1 Å². The maximum atomic E-state index is 12.7. The Bertz CT molecular complexity index is 1340. The first-order valence-corrected chi connectivity index (χ1v) is 23.9. The predicted molar refractivity (Wildman–Crippen MR) is 240 cm³/mol. The van der Waals surface area contributed by atoms with Crippen LogP contribution in [0, 0.1) is 0 Å². The highest BCUT2D eigenvalue weighted by molar-refractivity contribution is 7.45. The number of hydrogen-bond donors (Lipinski definition) is 0. The molecule has 3 unspecified atom stereocenters. The summed E-state index contributed by atoms with van der Waals surface area (Å²) in [6.07, 6.45) is 48.0. The number of allylic oxidation sites excluding steroid dienone is 12. The summed E-state index contributed by atoms with van der Waals surface area (Å²) in [5.41, 5.74) is 0. The van der Waals surface area contributed by atoms with Crippen LogP contribution < -0.4 is 4.89 Å². The smallest absolute Gasteiger partial charge is 0.306 e. The lowest BCUT2D eigenvalue weighted by Crippen LogP contribution is -2.37. The van der Waals surface area contributed by atoms with E-state index in [9.17, 15) is 19.0 Å². The number of carbonyl (C=O) groups is 2. The Morgan fingerprint density at radius 1 is 0.610 bits per heavy atom. The van der Waals surface area contributed by atoms with E-state index in [1.54, 1.807) is 0 Å². The number of quaternary nitrogens is 1. The van der Waals surface area contributed by atoms with E-state index in [2.05, 4.69) is 86.8 Å². The number of epoxide rings is 1. The van der Waals surface area contributed by atoms with Gasteiger partial charge in [-0.1, -0.05) is 125 Å².